The van der Waals surface area contributed by atoms with Gasteiger partial charge in [-0.15, -0.1) is 0 Å². The fourth-order valence-electron chi connectivity index (χ4n) is 1.90. The van der Waals surface area contributed by atoms with E-state index in [9.17, 15) is 9.18 Å². The number of carbonyl (C=O) groups is 1. The van der Waals surface area contributed by atoms with E-state index < -0.39 is 11.7 Å². The number of nitrogens with zero attached hydrogens (tertiary/aromatic N) is 2. The molecule has 0 heterocycles. The number of benzene rings is 2. The second-order valence-corrected chi connectivity index (χ2v) is 4.38. The van der Waals surface area contributed by atoms with Gasteiger partial charge in [0.1, 0.15) is 5.82 Å². The van der Waals surface area contributed by atoms with Crippen molar-refractivity contribution in [1.82, 2.24) is 0 Å². The van der Waals surface area contributed by atoms with Crippen molar-refractivity contribution in [2.75, 3.05) is 11.9 Å². The van der Waals surface area contributed by atoms with Crippen LogP contribution in [0, 0.1) is 5.82 Å². The van der Waals surface area contributed by atoms with Crippen molar-refractivity contribution in [3.8, 4) is 0 Å². The van der Waals surface area contributed by atoms with Gasteiger partial charge >= 0.3 is 0 Å². The molecule has 0 bridgehead atoms. The maximum absolute atomic E-state index is 13.7. The molecule has 0 saturated carbocycles. The second-order valence-electron chi connectivity index (χ2n) is 4.38. The third kappa shape index (κ3) is 3.00. The molecule has 0 aliphatic rings. The average molecular weight is 287 g/mol. The van der Waals surface area contributed by atoms with Gasteiger partial charge in [-0.3, -0.25) is 4.79 Å². The predicted octanol–water partition coefficient (Wildman–Crippen LogP) is 2.20. The average Bonchev–Trinajstić information content (AvgIpc) is 2.53. The lowest BCUT2D eigenvalue weighted by atomic mass is 10.1. The first-order valence-electron chi connectivity index (χ1n) is 6.15. The molecule has 6 heteroatoms. The molecule has 0 radical (unpaired) electrons. The smallest absolute Gasteiger partial charge is 0.258 e. The number of amidine groups is 1. The summed E-state index contributed by atoms with van der Waals surface area (Å²) in [6, 6.07) is 12.3. The normalized spacial score (nSPS) is 11.2. The highest BCUT2D eigenvalue weighted by Gasteiger charge is 2.17. The van der Waals surface area contributed by atoms with Gasteiger partial charge < -0.3 is 15.8 Å². The monoisotopic (exact) mass is 287 g/mol. The number of hydrogen-bond donors (Lipinski definition) is 2. The van der Waals surface area contributed by atoms with E-state index in [1.165, 1.54) is 30.1 Å². The van der Waals surface area contributed by atoms with Gasteiger partial charge in [-0.2, -0.15) is 0 Å². The minimum atomic E-state index is -0.485. The van der Waals surface area contributed by atoms with Gasteiger partial charge in [-0.25, -0.2) is 4.39 Å². The van der Waals surface area contributed by atoms with Crippen LogP contribution in [-0.4, -0.2) is 24.0 Å². The SMILES string of the molecule is CN(C(=O)c1cccc(C(N)=NO)c1)c1ccccc1F. The minimum Gasteiger partial charge on any atom is -0.409 e. The van der Waals surface area contributed by atoms with Crippen LogP contribution in [0.3, 0.4) is 0 Å². The van der Waals surface area contributed by atoms with Crippen molar-refractivity contribution in [3.63, 3.8) is 0 Å². The summed E-state index contributed by atoms with van der Waals surface area (Å²) >= 11 is 0. The summed E-state index contributed by atoms with van der Waals surface area (Å²) < 4.78 is 13.7. The Labute approximate surface area is 121 Å². The molecule has 21 heavy (non-hydrogen) atoms. The van der Waals surface area contributed by atoms with Crippen molar-refractivity contribution >= 4 is 17.4 Å². The van der Waals surface area contributed by atoms with Crippen LogP contribution in [-0.2, 0) is 0 Å². The lowest BCUT2D eigenvalue weighted by Gasteiger charge is -2.18. The van der Waals surface area contributed by atoms with Gasteiger partial charge in [0, 0.05) is 18.2 Å². The number of halogens is 1. The highest BCUT2D eigenvalue weighted by Crippen LogP contribution is 2.19. The Morgan fingerprint density at radius 2 is 1.86 bits per heavy atom. The van der Waals surface area contributed by atoms with Gasteiger partial charge in [0.15, 0.2) is 5.84 Å². The Morgan fingerprint density at radius 3 is 2.52 bits per heavy atom. The Balaban J connectivity index is 2.34. The Hall–Kier alpha value is -2.89. The molecule has 2 aromatic rings. The highest BCUT2D eigenvalue weighted by molar-refractivity contribution is 6.07. The summed E-state index contributed by atoms with van der Waals surface area (Å²) in [7, 11) is 1.48. The lowest BCUT2D eigenvalue weighted by Crippen LogP contribution is -2.27. The van der Waals surface area contributed by atoms with Gasteiger partial charge in [-0.05, 0) is 24.3 Å². The number of oxime groups is 1. The fraction of sp³-hybridized carbons (Fsp3) is 0.0667. The Kier molecular flexibility index (Phi) is 4.18. The molecule has 0 fully saturated rings. The molecule has 5 nitrogen and oxygen atoms in total. The van der Waals surface area contributed by atoms with Crippen LogP contribution in [0.1, 0.15) is 15.9 Å². The maximum Gasteiger partial charge on any atom is 0.258 e. The highest BCUT2D eigenvalue weighted by atomic mass is 19.1. The number of rotatable bonds is 3. The van der Waals surface area contributed by atoms with E-state index in [-0.39, 0.29) is 11.5 Å². The van der Waals surface area contributed by atoms with Gasteiger partial charge in [0.05, 0.1) is 5.69 Å². The van der Waals surface area contributed by atoms with E-state index in [1.54, 1.807) is 30.3 Å². The zero-order valence-corrected chi connectivity index (χ0v) is 11.3. The molecule has 0 aliphatic carbocycles. The third-order valence-electron chi connectivity index (χ3n) is 3.03. The molecule has 2 aromatic carbocycles. The molecule has 0 unspecified atom stereocenters. The van der Waals surface area contributed by atoms with Crippen LogP contribution in [0.5, 0.6) is 0 Å². The summed E-state index contributed by atoms with van der Waals surface area (Å²) in [5.74, 6) is -0.980. The standard InChI is InChI=1S/C15H14FN3O2/c1-19(13-8-3-2-7-12(13)16)15(20)11-6-4-5-10(9-11)14(17)18-21/h2-9,21H,1H3,(H2,17,18). The van der Waals surface area contributed by atoms with Crippen LogP contribution in [0.25, 0.3) is 0 Å². The van der Waals surface area contributed by atoms with E-state index in [4.69, 9.17) is 10.9 Å². The summed E-state index contributed by atoms with van der Waals surface area (Å²) in [6.07, 6.45) is 0. The van der Waals surface area contributed by atoms with E-state index in [0.717, 1.165) is 0 Å². The fourth-order valence-corrected chi connectivity index (χ4v) is 1.90. The summed E-state index contributed by atoms with van der Waals surface area (Å²) in [5, 5.41) is 11.5. The molecule has 0 aromatic heterocycles. The predicted molar refractivity (Wildman–Crippen MR) is 78.1 cm³/mol. The number of anilines is 1. The molecular weight excluding hydrogens is 273 g/mol. The molecule has 108 valence electrons. The molecule has 0 atom stereocenters. The van der Waals surface area contributed by atoms with Crippen molar-refractivity contribution in [3.05, 3.63) is 65.5 Å². The van der Waals surface area contributed by atoms with Crippen LogP contribution in [0.2, 0.25) is 0 Å². The number of amides is 1. The zero-order valence-electron chi connectivity index (χ0n) is 11.3. The number of nitrogens with two attached hydrogens (primary N) is 1. The molecule has 1 amide bonds. The van der Waals surface area contributed by atoms with E-state index >= 15 is 0 Å². The first-order valence-corrected chi connectivity index (χ1v) is 6.15. The molecule has 3 N–H and O–H groups in total. The van der Waals surface area contributed by atoms with Gasteiger partial charge in [-0.1, -0.05) is 29.4 Å². The summed E-state index contributed by atoms with van der Waals surface area (Å²) in [5.41, 5.74) is 6.38. The first-order chi connectivity index (χ1) is 10.0. The molecule has 0 aliphatic heterocycles. The number of hydrogen-bond acceptors (Lipinski definition) is 3. The largest absolute Gasteiger partial charge is 0.409 e. The van der Waals surface area contributed by atoms with Crippen LogP contribution >= 0.6 is 0 Å². The second kappa shape index (κ2) is 6.04. The molecular formula is C15H14FN3O2. The Bertz CT molecular complexity index is 701. The van der Waals surface area contributed by atoms with E-state index in [0.29, 0.717) is 11.1 Å². The van der Waals surface area contributed by atoms with Crippen molar-refractivity contribution in [2.24, 2.45) is 10.9 Å². The summed E-state index contributed by atoms with van der Waals surface area (Å²) in [4.78, 5) is 13.6. The van der Waals surface area contributed by atoms with Crippen LogP contribution in [0.4, 0.5) is 10.1 Å². The summed E-state index contributed by atoms with van der Waals surface area (Å²) in [6.45, 7) is 0. The lowest BCUT2D eigenvalue weighted by molar-refractivity contribution is 0.0992. The van der Waals surface area contributed by atoms with Crippen LogP contribution < -0.4 is 10.6 Å². The minimum absolute atomic E-state index is 0.0989. The number of para-hydroxylation sites is 1. The van der Waals surface area contributed by atoms with E-state index in [1.807, 2.05) is 0 Å². The molecule has 0 spiro atoms. The van der Waals surface area contributed by atoms with Gasteiger partial charge in [0.25, 0.3) is 5.91 Å². The quantitative estimate of drug-likeness (QED) is 0.393. The maximum atomic E-state index is 13.7. The van der Waals surface area contributed by atoms with E-state index in [2.05, 4.69) is 5.16 Å². The van der Waals surface area contributed by atoms with Crippen molar-refractivity contribution in [1.29, 1.82) is 0 Å². The zero-order chi connectivity index (χ0) is 15.4. The molecule has 0 saturated heterocycles. The Morgan fingerprint density at radius 1 is 1.19 bits per heavy atom. The first kappa shape index (κ1) is 14.5. The van der Waals surface area contributed by atoms with Crippen molar-refractivity contribution < 1.29 is 14.4 Å². The third-order valence-corrected chi connectivity index (χ3v) is 3.03. The van der Waals surface area contributed by atoms with Crippen molar-refractivity contribution in [2.45, 2.75) is 0 Å². The molecule has 2 rings (SSSR count). The number of carbonyl (C=O) groups excluding carboxylic acids is 1. The topological polar surface area (TPSA) is 78.9 Å². The van der Waals surface area contributed by atoms with Crippen LogP contribution in [0.15, 0.2) is 53.7 Å². The van der Waals surface area contributed by atoms with Gasteiger partial charge in [0.2, 0.25) is 0 Å².